The zero-order chi connectivity index (χ0) is 22.6. The van der Waals surface area contributed by atoms with E-state index in [1.165, 1.54) is 11.3 Å². The highest BCUT2D eigenvalue weighted by Gasteiger charge is 2.27. The van der Waals surface area contributed by atoms with E-state index in [-0.39, 0.29) is 12.3 Å². The van der Waals surface area contributed by atoms with E-state index in [0.717, 1.165) is 11.8 Å². The van der Waals surface area contributed by atoms with E-state index in [1.54, 1.807) is 36.1 Å². The Labute approximate surface area is 184 Å². The second-order valence-electron chi connectivity index (χ2n) is 6.74. The smallest absolute Gasteiger partial charge is 0.284 e. The van der Waals surface area contributed by atoms with Gasteiger partial charge in [-0.2, -0.15) is 5.26 Å². The molecule has 0 bridgehead atoms. The average Bonchev–Trinajstić information content (AvgIpc) is 3.12. The molecule has 0 saturated heterocycles. The van der Waals surface area contributed by atoms with Crippen molar-refractivity contribution in [2.75, 3.05) is 17.8 Å². The summed E-state index contributed by atoms with van der Waals surface area (Å²) in [6.45, 7) is 1.43. The zero-order valence-corrected chi connectivity index (χ0v) is 18.4. The Morgan fingerprint density at radius 3 is 2.42 bits per heavy atom. The third-order valence-electron chi connectivity index (χ3n) is 4.43. The molecule has 2 aromatic carbocycles. The van der Waals surface area contributed by atoms with Crippen molar-refractivity contribution in [1.29, 1.82) is 5.26 Å². The molecular formula is C21H20N4O4S2. The lowest BCUT2D eigenvalue weighted by Crippen LogP contribution is -2.30. The molecule has 0 aliphatic heterocycles. The number of rotatable bonds is 7. The fourth-order valence-corrected chi connectivity index (χ4v) is 4.45. The monoisotopic (exact) mass is 456 g/mol. The second-order valence-corrected chi connectivity index (χ2v) is 9.67. The van der Waals surface area contributed by atoms with Crippen LogP contribution in [0.4, 0.5) is 10.8 Å². The summed E-state index contributed by atoms with van der Waals surface area (Å²) in [4.78, 5) is 19.1. The van der Waals surface area contributed by atoms with E-state index < -0.39 is 22.0 Å². The Kier molecular flexibility index (Phi) is 6.70. The zero-order valence-electron chi connectivity index (χ0n) is 16.8. The predicted octanol–water partition coefficient (Wildman–Crippen LogP) is 2.88. The number of hydrogen-bond acceptors (Lipinski definition) is 8. The van der Waals surface area contributed by atoms with Crippen LogP contribution in [0.1, 0.15) is 32.5 Å². The molecule has 0 fully saturated rings. The molecule has 1 heterocycles. The van der Waals surface area contributed by atoms with Crippen molar-refractivity contribution in [1.82, 2.24) is 9.71 Å². The van der Waals surface area contributed by atoms with Crippen LogP contribution in [0, 0.1) is 18.3 Å². The maximum absolute atomic E-state index is 12.4. The van der Waals surface area contributed by atoms with Crippen molar-refractivity contribution in [3.8, 4) is 6.07 Å². The summed E-state index contributed by atoms with van der Waals surface area (Å²) in [5, 5.41) is 19.7. The van der Waals surface area contributed by atoms with Crippen LogP contribution in [0.15, 0.2) is 54.6 Å². The third kappa shape index (κ3) is 5.27. The summed E-state index contributed by atoms with van der Waals surface area (Å²) in [5.74, 6) is -0.817. The largest absolute Gasteiger partial charge is 0.394 e. The maximum Gasteiger partial charge on any atom is 0.284 e. The summed E-state index contributed by atoms with van der Waals surface area (Å²) < 4.78 is 24.9. The number of aliphatic hydroxyl groups excluding tert-OH is 1. The van der Waals surface area contributed by atoms with E-state index in [9.17, 15) is 18.3 Å². The van der Waals surface area contributed by atoms with Gasteiger partial charge in [0.15, 0.2) is 5.13 Å². The van der Waals surface area contributed by atoms with Crippen molar-refractivity contribution in [2.24, 2.45) is 0 Å². The highest BCUT2D eigenvalue weighted by atomic mass is 32.2. The van der Waals surface area contributed by atoms with Crippen molar-refractivity contribution in [2.45, 2.75) is 13.0 Å². The Morgan fingerprint density at radius 2 is 1.87 bits per heavy atom. The molecule has 0 spiro atoms. The normalized spacial score (nSPS) is 12.1. The number of carbonyl (C=O) groups excluding carboxylic acids is 1. The number of amides is 1. The number of nitrogens with one attached hydrogen (secondary N) is 1. The maximum atomic E-state index is 12.4. The molecule has 0 aliphatic rings. The van der Waals surface area contributed by atoms with Crippen molar-refractivity contribution >= 4 is 38.1 Å². The third-order valence-corrected chi connectivity index (χ3v) is 5.95. The van der Waals surface area contributed by atoms with Gasteiger partial charge in [-0.15, -0.1) is 11.3 Å². The molecule has 10 heteroatoms. The molecule has 8 nitrogen and oxygen atoms in total. The lowest BCUT2D eigenvalue weighted by atomic mass is 10.1. The first-order chi connectivity index (χ1) is 14.7. The molecule has 1 atom stereocenters. The van der Waals surface area contributed by atoms with Gasteiger partial charge >= 0.3 is 0 Å². The van der Waals surface area contributed by atoms with Crippen LogP contribution in [-0.4, -0.2) is 37.3 Å². The van der Waals surface area contributed by atoms with Gasteiger partial charge in [0.2, 0.25) is 10.0 Å². The average molecular weight is 457 g/mol. The number of thiazole rings is 1. The van der Waals surface area contributed by atoms with Gasteiger partial charge in [0.05, 0.1) is 30.5 Å². The lowest BCUT2D eigenvalue weighted by molar-refractivity contribution is 0.0977. The Hall–Kier alpha value is -3.26. The molecule has 3 aromatic rings. The van der Waals surface area contributed by atoms with E-state index in [1.807, 2.05) is 35.1 Å². The van der Waals surface area contributed by atoms with Gasteiger partial charge in [0.25, 0.3) is 5.91 Å². The van der Waals surface area contributed by atoms with Crippen LogP contribution in [0.2, 0.25) is 0 Å². The van der Waals surface area contributed by atoms with Crippen LogP contribution < -0.4 is 9.62 Å². The summed E-state index contributed by atoms with van der Waals surface area (Å²) in [6, 6.07) is 17.6. The SMILES string of the molecule is Cc1sc(N(c2ccc(C#N)cc2)C(CO)c2ccccc2)nc1C(=O)NS(C)(=O)=O. The fourth-order valence-electron chi connectivity index (χ4n) is 3.04. The first-order valence-electron chi connectivity index (χ1n) is 9.18. The van der Waals surface area contributed by atoms with Crippen LogP contribution in [0.3, 0.4) is 0 Å². The number of benzene rings is 2. The number of carbonyl (C=O) groups is 1. The van der Waals surface area contributed by atoms with E-state index in [0.29, 0.717) is 21.3 Å². The van der Waals surface area contributed by atoms with Crippen LogP contribution in [0.5, 0.6) is 0 Å². The van der Waals surface area contributed by atoms with E-state index >= 15 is 0 Å². The standard InChI is InChI=1S/C21H20N4O4S2/c1-14-19(20(27)24-31(2,28)29)23-21(30-14)25(17-10-8-15(12-22)9-11-17)18(13-26)16-6-4-3-5-7-16/h3-11,18,26H,13H2,1-2H3,(H,24,27). The molecule has 3 rings (SSSR count). The highest BCUT2D eigenvalue weighted by Crippen LogP contribution is 2.38. The number of sulfonamides is 1. The van der Waals surface area contributed by atoms with Crippen LogP contribution in [0.25, 0.3) is 0 Å². The van der Waals surface area contributed by atoms with Crippen molar-refractivity contribution in [3.05, 3.63) is 76.3 Å². The first-order valence-corrected chi connectivity index (χ1v) is 11.9. The summed E-state index contributed by atoms with van der Waals surface area (Å²) in [6.07, 6.45) is 0.897. The van der Waals surface area contributed by atoms with Gasteiger partial charge in [0.1, 0.15) is 5.69 Å². The molecule has 0 aliphatic carbocycles. The molecule has 1 amide bonds. The van der Waals surface area contributed by atoms with Gasteiger partial charge in [-0.25, -0.2) is 18.1 Å². The molecule has 31 heavy (non-hydrogen) atoms. The number of nitrogens with zero attached hydrogens (tertiary/aromatic N) is 3. The number of aryl methyl sites for hydroxylation is 1. The predicted molar refractivity (Wildman–Crippen MR) is 119 cm³/mol. The number of aromatic nitrogens is 1. The summed E-state index contributed by atoms with van der Waals surface area (Å²) in [5.41, 5.74) is 1.95. The number of hydrogen-bond donors (Lipinski definition) is 2. The minimum Gasteiger partial charge on any atom is -0.394 e. The Bertz CT molecular complexity index is 1220. The van der Waals surface area contributed by atoms with Gasteiger partial charge in [0, 0.05) is 10.6 Å². The molecule has 2 N–H and O–H groups in total. The Balaban J connectivity index is 2.11. The van der Waals surface area contributed by atoms with Gasteiger partial charge in [-0.3, -0.25) is 4.79 Å². The molecule has 0 radical (unpaired) electrons. The first kappa shape index (κ1) is 22.4. The fraction of sp³-hybridized carbons (Fsp3) is 0.190. The summed E-state index contributed by atoms with van der Waals surface area (Å²) in [7, 11) is -3.74. The summed E-state index contributed by atoms with van der Waals surface area (Å²) >= 11 is 1.20. The van der Waals surface area contributed by atoms with Crippen LogP contribution in [-0.2, 0) is 10.0 Å². The van der Waals surface area contributed by atoms with E-state index in [2.05, 4.69) is 11.1 Å². The minimum absolute atomic E-state index is 0.00572. The minimum atomic E-state index is -3.74. The van der Waals surface area contributed by atoms with Gasteiger partial charge < -0.3 is 10.0 Å². The molecular weight excluding hydrogens is 436 g/mol. The highest BCUT2D eigenvalue weighted by molar-refractivity contribution is 7.89. The topological polar surface area (TPSA) is 123 Å². The second kappa shape index (κ2) is 9.26. The molecule has 0 saturated carbocycles. The molecule has 1 unspecified atom stereocenters. The van der Waals surface area contributed by atoms with Crippen molar-refractivity contribution < 1.29 is 18.3 Å². The van der Waals surface area contributed by atoms with Crippen LogP contribution >= 0.6 is 11.3 Å². The number of nitriles is 1. The van der Waals surface area contributed by atoms with Gasteiger partial charge in [-0.05, 0) is 36.8 Å². The lowest BCUT2D eigenvalue weighted by Gasteiger charge is -2.30. The number of anilines is 2. The van der Waals surface area contributed by atoms with Crippen molar-refractivity contribution in [3.63, 3.8) is 0 Å². The molecule has 1 aromatic heterocycles. The quantitative estimate of drug-likeness (QED) is 0.560. The number of aliphatic hydroxyl groups is 1. The van der Waals surface area contributed by atoms with E-state index in [4.69, 9.17) is 5.26 Å². The Morgan fingerprint density at radius 1 is 1.23 bits per heavy atom. The van der Waals surface area contributed by atoms with Gasteiger partial charge in [-0.1, -0.05) is 30.3 Å². The molecule has 160 valence electrons.